The van der Waals surface area contributed by atoms with Crippen LogP contribution >= 0.6 is 27.5 Å². The molecule has 2 aromatic rings. The second-order valence-corrected chi connectivity index (χ2v) is 4.82. The fourth-order valence-electron chi connectivity index (χ4n) is 1.61. The van der Waals surface area contributed by atoms with Crippen LogP contribution in [0.25, 0.3) is 10.9 Å². The van der Waals surface area contributed by atoms with E-state index >= 15 is 0 Å². The van der Waals surface area contributed by atoms with E-state index < -0.39 is 11.9 Å². The summed E-state index contributed by atoms with van der Waals surface area (Å²) in [4.78, 5) is 3.59. The van der Waals surface area contributed by atoms with Crippen molar-refractivity contribution in [3.05, 3.63) is 33.4 Å². The van der Waals surface area contributed by atoms with E-state index in [1.54, 1.807) is 13.1 Å². The summed E-state index contributed by atoms with van der Waals surface area (Å²) in [6, 6.07) is 4.13. The van der Waals surface area contributed by atoms with Crippen molar-refractivity contribution >= 4 is 44.1 Å². The minimum Gasteiger partial charge on any atom is -0.387 e. The highest BCUT2D eigenvalue weighted by Gasteiger charge is 2.33. The SMILES string of the molecule is CNc1cc(C(F)(F)F)nc2c(Cl)ccc(Br)c12. The van der Waals surface area contributed by atoms with Gasteiger partial charge in [0.1, 0.15) is 5.69 Å². The molecule has 0 aliphatic rings. The molecule has 1 N–H and O–H groups in total. The third kappa shape index (κ3) is 2.27. The first-order valence-electron chi connectivity index (χ1n) is 4.88. The minimum absolute atomic E-state index is 0.116. The summed E-state index contributed by atoms with van der Waals surface area (Å²) in [5.74, 6) is 0. The molecule has 0 saturated carbocycles. The van der Waals surface area contributed by atoms with Gasteiger partial charge in [-0.25, -0.2) is 4.98 Å². The number of hydrogen-bond acceptors (Lipinski definition) is 2. The number of benzene rings is 1. The van der Waals surface area contributed by atoms with Gasteiger partial charge in [0.15, 0.2) is 0 Å². The Bertz CT molecular complexity index is 613. The van der Waals surface area contributed by atoms with Crippen molar-refractivity contribution in [3.8, 4) is 0 Å². The van der Waals surface area contributed by atoms with Gasteiger partial charge in [0.2, 0.25) is 0 Å². The summed E-state index contributed by atoms with van der Waals surface area (Å²) in [5, 5.41) is 3.42. The molecule has 2 nitrogen and oxygen atoms in total. The topological polar surface area (TPSA) is 24.9 Å². The average molecular weight is 340 g/mol. The fraction of sp³-hybridized carbons (Fsp3) is 0.182. The predicted molar refractivity (Wildman–Crippen MR) is 69.0 cm³/mol. The molecule has 0 atom stereocenters. The monoisotopic (exact) mass is 338 g/mol. The number of rotatable bonds is 1. The summed E-state index contributed by atoms with van der Waals surface area (Å²) < 4.78 is 38.8. The van der Waals surface area contributed by atoms with Crippen LogP contribution in [0, 0.1) is 0 Å². The lowest BCUT2D eigenvalue weighted by Crippen LogP contribution is -2.09. The fourth-order valence-corrected chi connectivity index (χ4v) is 2.34. The molecule has 1 heterocycles. The Balaban J connectivity index is 2.88. The number of fused-ring (bicyclic) bond motifs is 1. The van der Waals surface area contributed by atoms with Crippen LogP contribution < -0.4 is 5.32 Å². The molecule has 0 bridgehead atoms. The highest BCUT2D eigenvalue weighted by Crippen LogP contribution is 2.38. The molecule has 18 heavy (non-hydrogen) atoms. The highest BCUT2D eigenvalue weighted by molar-refractivity contribution is 9.10. The van der Waals surface area contributed by atoms with Crippen LogP contribution in [0.2, 0.25) is 5.02 Å². The predicted octanol–water partition coefficient (Wildman–Crippen LogP) is 4.71. The first-order chi connectivity index (χ1) is 8.34. The number of halogens is 5. The van der Waals surface area contributed by atoms with E-state index in [9.17, 15) is 13.2 Å². The Labute approximate surface area is 114 Å². The minimum atomic E-state index is -4.51. The van der Waals surface area contributed by atoms with Crippen LogP contribution in [-0.4, -0.2) is 12.0 Å². The lowest BCUT2D eigenvalue weighted by Gasteiger charge is -2.13. The van der Waals surface area contributed by atoms with Crippen molar-refractivity contribution in [2.24, 2.45) is 0 Å². The van der Waals surface area contributed by atoms with Crippen LogP contribution in [0.3, 0.4) is 0 Å². The molecule has 0 saturated heterocycles. The summed E-state index contributed by atoms with van der Waals surface area (Å²) in [6.07, 6.45) is -4.51. The maximum absolute atomic E-state index is 12.7. The van der Waals surface area contributed by atoms with Gasteiger partial charge in [0.05, 0.1) is 10.5 Å². The zero-order valence-electron chi connectivity index (χ0n) is 9.07. The largest absolute Gasteiger partial charge is 0.433 e. The van der Waals surface area contributed by atoms with Gasteiger partial charge >= 0.3 is 6.18 Å². The quantitative estimate of drug-likeness (QED) is 0.814. The molecular weight excluding hydrogens is 332 g/mol. The zero-order chi connectivity index (χ0) is 13.5. The zero-order valence-corrected chi connectivity index (χ0v) is 11.4. The first kappa shape index (κ1) is 13.4. The molecule has 2 rings (SSSR count). The summed E-state index contributed by atoms with van der Waals surface area (Å²) in [5.41, 5.74) is -0.536. The average Bonchev–Trinajstić information content (AvgIpc) is 2.31. The molecule has 0 amide bonds. The van der Waals surface area contributed by atoms with Crippen molar-refractivity contribution in [1.29, 1.82) is 0 Å². The lowest BCUT2D eigenvalue weighted by atomic mass is 10.1. The molecule has 1 aromatic carbocycles. The number of nitrogens with one attached hydrogen (secondary N) is 1. The van der Waals surface area contributed by atoms with Crippen molar-refractivity contribution in [2.45, 2.75) is 6.18 Å². The molecule has 0 aliphatic carbocycles. The van der Waals surface area contributed by atoms with Crippen LogP contribution in [0.1, 0.15) is 5.69 Å². The molecule has 0 fully saturated rings. The van der Waals surface area contributed by atoms with Gasteiger partial charge in [-0.15, -0.1) is 0 Å². The highest BCUT2D eigenvalue weighted by atomic mass is 79.9. The van der Waals surface area contributed by atoms with E-state index in [1.807, 2.05) is 0 Å². The molecule has 0 aliphatic heterocycles. The van der Waals surface area contributed by atoms with Gasteiger partial charge in [-0.05, 0) is 18.2 Å². The Kier molecular flexibility index (Phi) is 3.42. The van der Waals surface area contributed by atoms with E-state index in [4.69, 9.17) is 11.6 Å². The van der Waals surface area contributed by atoms with E-state index in [-0.39, 0.29) is 10.5 Å². The summed E-state index contributed by atoms with van der Waals surface area (Å²) >= 11 is 9.18. The standard InChI is InChI=1S/C11H7BrClF3N2/c1-17-7-4-8(11(14,15)16)18-10-6(13)3-2-5(12)9(7)10/h2-4H,1H3,(H,17,18). The smallest absolute Gasteiger partial charge is 0.387 e. The molecular formula is C11H7BrClF3N2. The Morgan fingerprint density at radius 1 is 1.33 bits per heavy atom. The van der Waals surface area contributed by atoms with Crippen molar-refractivity contribution < 1.29 is 13.2 Å². The van der Waals surface area contributed by atoms with Crippen molar-refractivity contribution in [2.75, 3.05) is 12.4 Å². The molecule has 96 valence electrons. The maximum Gasteiger partial charge on any atom is 0.433 e. The molecule has 1 aromatic heterocycles. The van der Waals surface area contributed by atoms with Crippen LogP contribution in [0.5, 0.6) is 0 Å². The third-order valence-electron chi connectivity index (χ3n) is 2.42. The molecule has 0 radical (unpaired) electrons. The van der Waals surface area contributed by atoms with Crippen LogP contribution in [0.4, 0.5) is 18.9 Å². The van der Waals surface area contributed by atoms with Gasteiger partial charge in [-0.3, -0.25) is 0 Å². The number of hydrogen-bond donors (Lipinski definition) is 1. The van der Waals surface area contributed by atoms with E-state index in [1.165, 1.54) is 6.07 Å². The van der Waals surface area contributed by atoms with Gasteiger partial charge in [0.25, 0.3) is 0 Å². The molecule has 0 unspecified atom stereocenters. The van der Waals surface area contributed by atoms with Gasteiger partial charge in [0, 0.05) is 22.6 Å². The number of nitrogens with zero attached hydrogens (tertiary/aromatic N) is 1. The Morgan fingerprint density at radius 3 is 2.56 bits per heavy atom. The van der Waals surface area contributed by atoms with Crippen molar-refractivity contribution in [3.63, 3.8) is 0 Å². The second-order valence-electron chi connectivity index (χ2n) is 3.56. The van der Waals surface area contributed by atoms with Gasteiger partial charge in [-0.2, -0.15) is 13.2 Å². The molecule has 7 heteroatoms. The van der Waals surface area contributed by atoms with Crippen LogP contribution in [0.15, 0.2) is 22.7 Å². The summed E-state index contributed by atoms with van der Waals surface area (Å²) in [6.45, 7) is 0. The maximum atomic E-state index is 12.7. The number of alkyl halides is 3. The summed E-state index contributed by atoms with van der Waals surface area (Å²) in [7, 11) is 1.54. The number of aromatic nitrogens is 1. The first-order valence-corrected chi connectivity index (χ1v) is 6.05. The Hall–Kier alpha value is -1.01. The van der Waals surface area contributed by atoms with E-state index in [2.05, 4.69) is 26.2 Å². The number of pyridine rings is 1. The van der Waals surface area contributed by atoms with Gasteiger partial charge in [-0.1, -0.05) is 27.5 Å². The van der Waals surface area contributed by atoms with Crippen LogP contribution in [-0.2, 0) is 6.18 Å². The molecule has 0 spiro atoms. The normalized spacial score (nSPS) is 11.9. The lowest BCUT2D eigenvalue weighted by molar-refractivity contribution is -0.140. The number of anilines is 1. The van der Waals surface area contributed by atoms with Crippen molar-refractivity contribution in [1.82, 2.24) is 4.98 Å². The van der Waals surface area contributed by atoms with Gasteiger partial charge < -0.3 is 5.32 Å². The third-order valence-corrected chi connectivity index (χ3v) is 3.39. The Morgan fingerprint density at radius 2 is 2.00 bits per heavy atom. The second kappa shape index (κ2) is 4.59. The van der Waals surface area contributed by atoms with E-state index in [0.29, 0.717) is 15.5 Å². The van der Waals surface area contributed by atoms with E-state index in [0.717, 1.165) is 6.07 Å².